The van der Waals surface area contributed by atoms with Crippen LogP contribution in [0.1, 0.15) is 30.1 Å². The number of carbonyl (C=O) groups is 1. The Morgan fingerprint density at radius 2 is 1.77 bits per heavy atom. The number of benzene rings is 3. The first kappa shape index (κ1) is 22.7. The summed E-state index contributed by atoms with van der Waals surface area (Å²) in [5, 5.41) is 3.88. The van der Waals surface area contributed by atoms with Crippen LogP contribution in [0.5, 0.6) is 11.5 Å². The third-order valence-electron chi connectivity index (χ3n) is 6.35. The fourth-order valence-corrected chi connectivity index (χ4v) is 4.48. The van der Waals surface area contributed by atoms with Gasteiger partial charge in [-0.15, -0.1) is 0 Å². The van der Waals surface area contributed by atoms with Gasteiger partial charge in [0.15, 0.2) is 5.75 Å². The van der Waals surface area contributed by atoms with Crippen LogP contribution in [-0.4, -0.2) is 17.8 Å². The van der Waals surface area contributed by atoms with Gasteiger partial charge in [0.2, 0.25) is 0 Å². The molecule has 1 aliphatic rings. The van der Waals surface area contributed by atoms with Gasteiger partial charge in [0.05, 0.1) is 29.9 Å². The third kappa shape index (κ3) is 4.49. The summed E-state index contributed by atoms with van der Waals surface area (Å²) in [6, 6.07) is 20.1. The molecule has 4 aromatic rings. The molecule has 1 heterocycles. The Bertz CT molecular complexity index is 1480. The first-order valence-corrected chi connectivity index (χ1v) is 11.5. The molecule has 5 rings (SSSR count). The SMILES string of the molecule is COc1cccc(-n2c(C)c(OC(=O)N[C@H](c3cccc(F)c3)C3CC3)c3ccccc3c2=O)c1. The monoisotopic (exact) mass is 472 g/mol. The quantitative estimate of drug-likeness (QED) is 0.392. The number of amides is 1. The van der Waals surface area contributed by atoms with Crippen molar-refractivity contribution in [3.8, 4) is 17.2 Å². The molecule has 0 spiro atoms. The molecule has 1 N–H and O–H groups in total. The Hall–Kier alpha value is -4.13. The van der Waals surface area contributed by atoms with Gasteiger partial charge in [-0.25, -0.2) is 9.18 Å². The maximum Gasteiger partial charge on any atom is 0.413 e. The molecule has 35 heavy (non-hydrogen) atoms. The number of halogens is 1. The number of hydrogen-bond donors (Lipinski definition) is 1. The van der Waals surface area contributed by atoms with Gasteiger partial charge < -0.3 is 14.8 Å². The lowest BCUT2D eigenvalue weighted by Gasteiger charge is -2.21. The number of aromatic nitrogens is 1. The summed E-state index contributed by atoms with van der Waals surface area (Å²) in [6.45, 7) is 1.74. The number of fused-ring (bicyclic) bond motifs is 1. The summed E-state index contributed by atoms with van der Waals surface area (Å²) < 4.78 is 26.5. The zero-order valence-corrected chi connectivity index (χ0v) is 19.5. The Kier molecular flexibility index (Phi) is 5.99. The van der Waals surface area contributed by atoms with Gasteiger partial charge in [-0.1, -0.05) is 36.4 Å². The Labute approximate surface area is 201 Å². The van der Waals surface area contributed by atoms with E-state index in [2.05, 4.69) is 5.32 Å². The zero-order valence-electron chi connectivity index (χ0n) is 19.5. The van der Waals surface area contributed by atoms with E-state index in [0.717, 1.165) is 12.8 Å². The second kappa shape index (κ2) is 9.25. The fourth-order valence-electron chi connectivity index (χ4n) is 4.48. The minimum atomic E-state index is -0.657. The van der Waals surface area contributed by atoms with E-state index in [-0.39, 0.29) is 29.1 Å². The summed E-state index contributed by atoms with van der Waals surface area (Å²) in [5.74, 6) is 0.766. The van der Waals surface area contributed by atoms with Crippen LogP contribution in [0.25, 0.3) is 16.5 Å². The van der Waals surface area contributed by atoms with E-state index in [1.54, 1.807) is 74.7 Å². The van der Waals surface area contributed by atoms with E-state index in [9.17, 15) is 14.0 Å². The normalized spacial score (nSPS) is 13.9. The summed E-state index contributed by atoms with van der Waals surface area (Å²) in [6.07, 6.45) is 1.24. The van der Waals surface area contributed by atoms with Crippen molar-refractivity contribution in [2.75, 3.05) is 7.11 Å². The number of pyridine rings is 1. The van der Waals surface area contributed by atoms with Gasteiger partial charge in [0.25, 0.3) is 5.56 Å². The highest BCUT2D eigenvalue weighted by Gasteiger charge is 2.34. The molecule has 1 atom stereocenters. The van der Waals surface area contributed by atoms with E-state index in [0.29, 0.717) is 33.5 Å². The van der Waals surface area contributed by atoms with Gasteiger partial charge >= 0.3 is 6.09 Å². The van der Waals surface area contributed by atoms with Gasteiger partial charge in [-0.05, 0) is 61.6 Å². The molecule has 0 radical (unpaired) electrons. The second-order valence-corrected chi connectivity index (χ2v) is 8.71. The van der Waals surface area contributed by atoms with E-state index < -0.39 is 6.09 Å². The summed E-state index contributed by atoms with van der Waals surface area (Å²) >= 11 is 0. The first-order chi connectivity index (χ1) is 17.0. The van der Waals surface area contributed by atoms with Gasteiger partial charge in [-0.3, -0.25) is 9.36 Å². The Balaban J connectivity index is 1.54. The summed E-state index contributed by atoms with van der Waals surface area (Å²) in [4.78, 5) is 26.5. The number of carbonyl (C=O) groups excluding carboxylic acids is 1. The van der Waals surface area contributed by atoms with Crippen LogP contribution in [0.3, 0.4) is 0 Å². The second-order valence-electron chi connectivity index (χ2n) is 8.71. The van der Waals surface area contributed by atoms with Crippen molar-refractivity contribution in [2.24, 2.45) is 5.92 Å². The molecule has 0 unspecified atom stereocenters. The molecule has 0 aliphatic heterocycles. The van der Waals surface area contributed by atoms with Crippen molar-refractivity contribution < 1.29 is 18.7 Å². The maximum atomic E-state index is 13.8. The fraction of sp³-hybridized carbons (Fsp3) is 0.214. The summed E-state index contributed by atoms with van der Waals surface area (Å²) in [7, 11) is 1.56. The van der Waals surface area contributed by atoms with E-state index in [4.69, 9.17) is 9.47 Å². The van der Waals surface area contributed by atoms with Gasteiger partial charge in [0.1, 0.15) is 11.6 Å². The molecule has 1 amide bonds. The molecular weight excluding hydrogens is 447 g/mol. The molecule has 1 saturated carbocycles. The maximum absolute atomic E-state index is 13.8. The van der Waals surface area contributed by atoms with Gasteiger partial charge in [0, 0.05) is 11.5 Å². The molecule has 1 aliphatic carbocycles. The largest absolute Gasteiger partial charge is 0.497 e. The highest BCUT2D eigenvalue weighted by molar-refractivity contribution is 5.91. The molecule has 1 aromatic heterocycles. The van der Waals surface area contributed by atoms with Crippen molar-refractivity contribution in [1.29, 1.82) is 0 Å². The molecule has 7 heteroatoms. The summed E-state index contributed by atoms with van der Waals surface area (Å²) in [5.41, 5.74) is 1.55. The van der Waals surface area contributed by atoms with E-state index in [1.165, 1.54) is 16.7 Å². The lowest BCUT2D eigenvalue weighted by atomic mass is 10.0. The molecule has 0 bridgehead atoms. The van der Waals surface area contributed by atoms with Crippen molar-refractivity contribution >= 4 is 16.9 Å². The number of nitrogens with zero attached hydrogens (tertiary/aromatic N) is 1. The van der Waals surface area contributed by atoms with Crippen LogP contribution in [0.2, 0.25) is 0 Å². The Morgan fingerprint density at radius 1 is 1.03 bits per heavy atom. The van der Waals surface area contributed by atoms with Crippen molar-refractivity contribution in [2.45, 2.75) is 25.8 Å². The first-order valence-electron chi connectivity index (χ1n) is 11.5. The third-order valence-corrected chi connectivity index (χ3v) is 6.35. The number of ether oxygens (including phenoxy) is 2. The van der Waals surface area contributed by atoms with Crippen LogP contribution < -0.4 is 20.3 Å². The van der Waals surface area contributed by atoms with Crippen LogP contribution in [0, 0.1) is 18.7 Å². The van der Waals surface area contributed by atoms with Crippen molar-refractivity contribution in [1.82, 2.24) is 9.88 Å². The Morgan fingerprint density at radius 3 is 2.49 bits per heavy atom. The van der Waals surface area contributed by atoms with Gasteiger partial charge in [-0.2, -0.15) is 0 Å². The molecular formula is C28H25FN2O4. The molecule has 1 fully saturated rings. The molecule has 178 valence electrons. The van der Waals surface area contributed by atoms with Crippen LogP contribution >= 0.6 is 0 Å². The number of hydrogen-bond acceptors (Lipinski definition) is 4. The predicted octanol–water partition coefficient (Wildman–Crippen LogP) is 5.69. The number of methoxy groups -OCH3 is 1. The average molecular weight is 473 g/mol. The van der Waals surface area contributed by atoms with Crippen LogP contribution in [0.15, 0.2) is 77.6 Å². The molecule has 3 aromatic carbocycles. The molecule has 6 nitrogen and oxygen atoms in total. The standard InChI is InChI=1S/C28H25FN2O4/c1-17-26(35-28(33)30-25(18-13-14-18)19-7-5-8-20(29)15-19)23-11-3-4-12-24(23)27(32)31(17)21-9-6-10-22(16-21)34-2/h3-12,15-16,18,25H,13-14H2,1-2H3,(H,30,33)/t25-/m0/s1. The smallest absolute Gasteiger partial charge is 0.413 e. The predicted molar refractivity (Wildman–Crippen MR) is 132 cm³/mol. The lowest BCUT2D eigenvalue weighted by molar-refractivity contribution is 0.194. The number of nitrogens with one attached hydrogen (secondary N) is 1. The zero-order chi connectivity index (χ0) is 24.5. The topological polar surface area (TPSA) is 69.6 Å². The average Bonchev–Trinajstić information content (AvgIpc) is 3.71. The van der Waals surface area contributed by atoms with Crippen LogP contribution in [-0.2, 0) is 0 Å². The minimum absolute atomic E-state index is 0.227. The highest BCUT2D eigenvalue weighted by Crippen LogP contribution is 2.41. The van der Waals surface area contributed by atoms with E-state index in [1.807, 2.05) is 0 Å². The number of rotatable bonds is 6. The van der Waals surface area contributed by atoms with Crippen LogP contribution in [0.4, 0.5) is 9.18 Å². The van der Waals surface area contributed by atoms with Crippen molar-refractivity contribution in [3.63, 3.8) is 0 Å². The van der Waals surface area contributed by atoms with E-state index >= 15 is 0 Å². The minimum Gasteiger partial charge on any atom is -0.497 e. The lowest BCUT2D eigenvalue weighted by Crippen LogP contribution is -2.33. The molecule has 0 saturated heterocycles. The highest BCUT2D eigenvalue weighted by atomic mass is 19.1. The van der Waals surface area contributed by atoms with Crippen molar-refractivity contribution in [3.05, 3.63) is 100 Å².